The van der Waals surface area contributed by atoms with Crippen LogP contribution in [-0.2, 0) is 21.5 Å². The number of nitrogens with zero attached hydrogens (tertiary/aromatic N) is 1. The zero-order valence-corrected chi connectivity index (χ0v) is 33.9. The second-order valence-electron chi connectivity index (χ2n) is 14.8. The van der Waals surface area contributed by atoms with Gasteiger partial charge in [0.2, 0.25) is 5.91 Å². The van der Waals surface area contributed by atoms with Crippen molar-refractivity contribution in [1.82, 2.24) is 15.5 Å². The largest absolute Gasteiger partial charge is 0.493 e. The first-order valence-electron chi connectivity index (χ1n) is 20.4. The van der Waals surface area contributed by atoms with E-state index in [0.717, 1.165) is 34.2 Å². The monoisotopic (exact) mass is 787 g/mol. The molecule has 0 aromatic heterocycles. The van der Waals surface area contributed by atoms with Crippen LogP contribution in [-0.4, -0.2) is 63.9 Å². The summed E-state index contributed by atoms with van der Waals surface area (Å²) in [5, 5.41) is 6.85. The number of rotatable bonds is 17. The summed E-state index contributed by atoms with van der Waals surface area (Å²) in [6.07, 6.45) is 12.0. The number of alkyl carbamates (subject to hydrolysis) is 1. The molecule has 59 heavy (non-hydrogen) atoms. The summed E-state index contributed by atoms with van der Waals surface area (Å²) in [5.41, 5.74) is 7.14. The maximum absolute atomic E-state index is 14.1. The molecule has 302 valence electrons. The Kier molecular flexibility index (Phi) is 13.7. The van der Waals surface area contributed by atoms with Crippen LogP contribution >= 0.6 is 0 Å². The normalized spacial score (nSPS) is 16.1. The van der Waals surface area contributed by atoms with Crippen LogP contribution in [0.5, 0.6) is 11.5 Å². The maximum atomic E-state index is 14.1. The third-order valence-electron chi connectivity index (χ3n) is 11.4. The number of carbonyl (C=O) groups is 2. The van der Waals surface area contributed by atoms with Crippen molar-refractivity contribution in [3.05, 3.63) is 203 Å². The van der Waals surface area contributed by atoms with Crippen LogP contribution < -0.4 is 20.1 Å². The van der Waals surface area contributed by atoms with E-state index in [-0.39, 0.29) is 37.3 Å². The Morgan fingerprint density at radius 3 is 1.97 bits per heavy atom. The molecule has 5 aromatic carbocycles. The molecule has 2 aliphatic rings. The van der Waals surface area contributed by atoms with Crippen LogP contribution in [0, 0.1) is 0 Å². The van der Waals surface area contributed by atoms with Gasteiger partial charge in [0.15, 0.2) is 11.5 Å². The van der Waals surface area contributed by atoms with Gasteiger partial charge in [-0.25, -0.2) is 4.79 Å². The number of methoxy groups -OCH3 is 2. The lowest BCUT2D eigenvalue weighted by Gasteiger charge is -2.38. The van der Waals surface area contributed by atoms with Gasteiger partial charge in [-0.05, 0) is 63.9 Å². The van der Waals surface area contributed by atoms with Crippen molar-refractivity contribution in [3.63, 3.8) is 0 Å². The molecule has 0 fully saturated rings. The quantitative estimate of drug-likeness (QED) is 0.0915. The Bertz CT molecular complexity index is 2160. The number of nitrogens with one attached hydrogen (secondary N) is 2. The van der Waals surface area contributed by atoms with Crippen LogP contribution in [0.1, 0.15) is 58.1 Å². The third-order valence-corrected chi connectivity index (χ3v) is 11.4. The van der Waals surface area contributed by atoms with Gasteiger partial charge in [-0.2, -0.15) is 0 Å². The zero-order chi connectivity index (χ0) is 40.9. The number of aryl methyl sites for hydroxylation is 1. The molecular formula is C51H53N3O5. The van der Waals surface area contributed by atoms with E-state index in [4.69, 9.17) is 14.2 Å². The Hall–Kier alpha value is -6.38. The molecule has 8 heteroatoms. The van der Waals surface area contributed by atoms with E-state index in [2.05, 4.69) is 132 Å². The zero-order valence-electron chi connectivity index (χ0n) is 33.9. The average Bonchev–Trinajstić information content (AvgIpc) is 3.38. The van der Waals surface area contributed by atoms with E-state index in [0.29, 0.717) is 37.6 Å². The van der Waals surface area contributed by atoms with E-state index in [1.54, 1.807) is 14.2 Å². The summed E-state index contributed by atoms with van der Waals surface area (Å²) in [6.45, 7) is 1.64. The second kappa shape index (κ2) is 19.9. The third kappa shape index (κ3) is 9.67. The number of fused-ring (bicyclic) bond motifs is 4. The van der Waals surface area contributed by atoms with E-state index in [9.17, 15) is 9.59 Å². The minimum atomic E-state index is -0.686. The van der Waals surface area contributed by atoms with Gasteiger partial charge < -0.3 is 24.4 Å². The number of hydrogen-bond donors (Lipinski definition) is 2. The fourth-order valence-electron chi connectivity index (χ4n) is 8.35. The van der Waals surface area contributed by atoms with Crippen LogP contribution in [0.25, 0.3) is 0 Å². The molecule has 5 aromatic rings. The van der Waals surface area contributed by atoms with Crippen LogP contribution in [0.2, 0.25) is 0 Å². The Morgan fingerprint density at radius 1 is 0.712 bits per heavy atom. The van der Waals surface area contributed by atoms with E-state index in [1.165, 1.54) is 11.1 Å². The maximum Gasteiger partial charge on any atom is 0.407 e. The lowest BCUT2D eigenvalue weighted by atomic mass is 9.77. The molecule has 0 heterocycles. The molecular weight excluding hydrogens is 735 g/mol. The highest BCUT2D eigenvalue weighted by molar-refractivity contribution is 5.76. The molecule has 0 spiro atoms. The summed E-state index contributed by atoms with van der Waals surface area (Å²) in [6, 6.07) is 45.4. The highest BCUT2D eigenvalue weighted by atomic mass is 16.5. The standard InChI is InChI=1S/C51H53N3O5/c1-57-47-30-26-38(36-48(47)58-2)27-31-49(55)54(34-32-52-50(56)59-37-46-40-17-13-12-16-39(28-29-40)44-24-14-15-25-45(44)46)35-33-53-51(41-18-6-3-7-19-41,42-20-8-4-9-21-42)43-22-10-5-11-23-43/h3-26,29-30,36,39,46,53H,27-28,31-35,37H2,1-2H3,(H,52,56)/b16-12-,17-13?. The molecule has 7 rings (SSSR count). The fourth-order valence-corrected chi connectivity index (χ4v) is 8.35. The summed E-state index contributed by atoms with van der Waals surface area (Å²) in [7, 11) is 3.21. The van der Waals surface area contributed by atoms with Gasteiger partial charge in [0, 0.05) is 44.4 Å². The van der Waals surface area contributed by atoms with E-state index < -0.39 is 11.6 Å². The topological polar surface area (TPSA) is 89.1 Å². The lowest BCUT2D eigenvalue weighted by molar-refractivity contribution is -0.131. The highest BCUT2D eigenvalue weighted by Gasteiger charge is 2.36. The van der Waals surface area contributed by atoms with Crippen molar-refractivity contribution in [1.29, 1.82) is 0 Å². The second-order valence-corrected chi connectivity index (χ2v) is 14.8. The van der Waals surface area contributed by atoms with Gasteiger partial charge in [-0.15, -0.1) is 0 Å². The molecule has 2 aliphatic carbocycles. The number of ether oxygens (including phenoxy) is 3. The number of benzene rings is 5. The number of carbonyl (C=O) groups excluding carboxylic acids is 2. The van der Waals surface area contributed by atoms with Gasteiger partial charge in [0.25, 0.3) is 0 Å². The van der Waals surface area contributed by atoms with Crippen molar-refractivity contribution in [2.75, 3.05) is 47.0 Å². The molecule has 2 amide bonds. The fraction of sp³-hybridized carbons (Fsp3) is 0.255. The SMILES string of the molecule is COc1ccc(CCC(=O)N(CCNC(=O)OCC2C3=CCC(/C=C\C=C3)c3ccccc32)CCNC(c2ccccc2)(c2ccccc2)c2ccccc2)cc1OC. The van der Waals surface area contributed by atoms with Crippen LogP contribution in [0.15, 0.2) is 169 Å². The summed E-state index contributed by atoms with van der Waals surface area (Å²) < 4.78 is 16.8. The van der Waals surface area contributed by atoms with Crippen molar-refractivity contribution in [2.24, 2.45) is 0 Å². The van der Waals surface area contributed by atoms with Crippen LogP contribution in [0.4, 0.5) is 4.79 Å². The molecule has 2 bridgehead atoms. The van der Waals surface area contributed by atoms with Crippen molar-refractivity contribution >= 4 is 12.0 Å². The van der Waals surface area contributed by atoms with E-state index in [1.807, 2.05) is 47.4 Å². The first-order valence-corrected chi connectivity index (χ1v) is 20.4. The Balaban J connectivity index is 1.06. The molecule has 8 nitrogen and oxygen atoms in total. The van der Waals surface area contributed by atoms with Gasteiger partial charge >= 0.3 is 6.09 Å². The highest BCUT2D eigenvalue weighted by Crippen LogP contribution is 2.40. The molecule has 0 radical (unpaired) electrons. The number of amides is 2. The predicted molar refractivity (Wildman–Crippen MR) is 234 cm³/mol. The van der Waals surface area contributed by atoms with Gasteiger partial charge in [0.05, 0.1) is 19.8 Å². The van der Waals surface area contributed by atoms with Crippen molar-refractivity contribution < 1.29 is 23.8 Å². The minimum Gasteiger partial charge on any atom is -0.493 e. The molecule has 2 atom stereocenters. The Morgan fingerprint density at radius 2 is 1.32 bits per heavy atom. The van der Waals surface area contributed by atoms with Gasteiger partial charge in [-0.3, -0.25) is 10.1 Å². The van der Waals surface area contributed by atoms with Crippen molar-refractivity contribution in [3.8, 4) is 11.5 Å². The first-order chi connectivity index (χ1) is 29.0. The number of hydrogen-bond acceptors (Lipinski definition) is 6. The van der Waals surface area contributed by atoms with Crippen LogP contribution in [0.3, 0.4) is 0 Å². The van der Waals surface area contributed by atoms with E-state index >= 15 is 0 Å². The average molecular weight is 788 g/mol. The molecule has 2 N–H and O–H groups in total. The summed E-state index contributed by atoms with van der Waals surface area (Å²) >= 11 is 0. The summed E-state index contributed by atoms with van der Waals surface area (Å²) in [4.78, 5) is 29.3. The summed E-state index contributed by atoms with van der Waals surface area (Å²) in [5.74, 6) is 1.45. The minimum absolute atomic E-state index is 0.0215. The van der Waals surface area contributed by atoms with Gasteiger partial charge in [0.1, 0.15) is 6.61 Å². The first kappa shape index (κ1) is 40.8. The number of allylic oxidation sites excluding steroid dienone is 5. The molecule has 0 saturated carbocycles. The molecule has 2 unspecified atom stereocenters. The molecule has 0 saturated heterocycles. The lowest BCUT2D eigenvalue weighted by Crippen LogP contribution is -2.49. The predicted octanol–water partition coefficient (Wildman–Crippen LogP) is 9.10. The molecule has 0 aliphatic heterocycles. The van der Waals surface area contributed by atoms with Gasteiger partial charge in [-0.1, -0.05) is 152 Å². The Labute approximate surface area is 348 Å². The smallest absolute Gasteiger partial charge is 0.407 e. The van der Waals surface area contributed by atoms with Crippen molar-refractivity contribution in [2.45, 2.75) is 36.6 Å².